The summed E-state index contributed by atoms with van der Waals surface area (Å²) in [5, 5.41) is 19.2. The summed E-state index contributed by atoms with van der Waals surface area (Å²) in [4.78, 5) is 28.1. The van der Waals surface area contributed by atoms with Crippen LogP contribution in [0.5, 0.6) is 0 Å². The number of benzene rings is 1. The van der Waals surface area contributed by atoms with Crippen LogP contribution in [0, 0.1) is 5.92 Å². The molecular weight excluding hydrogens is 320 g/mol. The standard InChI is InChI=1S/C19H20N2O4/c22-18(23)11-15(9-13-5-7-21(8-6-13)19(24)25)16-10-14-3-1-2-4-17(14)20-12-16/h1-4,10-13H,5-9H2,(H,22,23)(H,24,25)/b15-11-. The number of aromatic nitrogens is 1. The minimum Gasteiger partial charge on any atom is -0.478 e. The molecule has 0 radical (unpaired) electrons. The van der Waals surface area contributed by atoms with Crippen molar-refractivity contribution in [2.75, 3.05) is 13.1 Å². The molecule has 0 bridgehead atoms. The summed E-state index contributed by atoms with van der Waals surface area (Å²) in [5.41, 5.74) is 2.41. The van der Waals surface area contributed by atoms with Gasteiger partial charge in [0, 0.05) is 30.7 Å². The summed E-state index contributed by atoms with van der Waals surface area (Å²) in [6.07, 6.45) is 4.16. The number of fused-ring (bicyclic) bond motifs is 1. The lowest BCUT2D eigenvalue weighted by Crippen LogP contribution is -2.37. The summed E-state index contributed by atoms with van der Waals surface area (Å²) < 4.78 is 0. The Morgan fingerprint density at radius 1 is 1.20 bits per heavy atom. The molecule has 6 nitrogen and oxygen atoms in total. The van der Waals surface area contributed by atoms with Crippen LogP contribution in [0.25, 0.3) is 16.5 Å². The van der Waals surface area contributed by atoms with E-state index in [1.165, 1.54) is 11.0 Å². The number of pyridine rings is 1. The van der Waals surface area contributed by atoms with Gasteiger partial charge in [0.25, 0.3) is 0 Å². The zero-order valence-corrected chi connectivity index (χ0v) is 13.8. The average Bonchev–Trinajstić information content (AvgIpc) is 2.61. The second kappa shape index (κ2) is 7.34. The molecule has 1 fully saturated rings. The molecule has 3 rings (SSSR count). The van der Waals surface area contributed by atoms with Gasteiger partial charge in [0.1, 0.15) is 0 Å². The Morgan fingerprint density at radius 3 is 2.60 bits per heavy atom. The molecule has 1 aromatic carbocycles. The summed E-state index contributed by atoms with van der Waals surface area (Å²) >= 11 is 0. The van der Waals surface area contributed by atoms with Crippen LogP contribution in [-0.2, 0) is 4.79 Å². The van der Waals surface area contributed by atoms with Crippen LogP contribution in [0.2, 0.25) is 0 Å². The third-order valence-electron chi connectivity index (χ3n) is 4.65. The molecule has 0 atom stereocenters. The highest BCUT2D eigenvalue weighted by Crippen LogP contribution is 2.30. The fourth-order valence-corrected chi connectivity index (χ4v) is 3.30. The molecule has 0 spiro atoms. The monoisotopic (exact) mass is 340 g/mol. The van der Waals surface area contributed by atoms with Gasteiger partial charge in [-0.05, 0) is 48.4 Å². The smallest absolute Gasteiger partial charge is 0.407 e. The van der Waals surface area contributed by atoms with Crippen molar-refractivity contribution in [3.63, 3.8) is 0 Å². The first-order chi connectivity index (χ1) is 12.0. The minimum atomic E-state index is -0.980. The SMILES string of the molecule is O=C(O)/C=C(/CC1CCN(C(=O)O)CC1)c1cnc2ccccc2c1. The van der Waals surface area contributed by atoms with Crippen molar-refractivity contribution >= 4 is 28.5 Å². The molecule has 1 aliphatic rings. The van der Waals surface area contributed by atoms with Gasteiger partial charge in [0.2, 0.25) is 0 Å². The first-order valence-corrected chi connectivity index (χ1v) is 8.29. The number of rotatable bonds is 4. The molecule has 0 unspecified atom stereocenters. The van der Waals surface area contributed by atoms with E-state index in [0.717, 1.165) is 34.9 Å². The van der Waals surface area contributed by atoms with Crippen LogP contribution in [0.4, 0.5) is 4.79 Å². The lowest BCUT2D eigenvalue weighted by Gasteiger charge is -2.30. The van der Waals surface area contributed by atoms with E-state index >= 15 is 0 Å². The average molecular weight is 340 g/mol. The van der Waals surface area contributed by atoms with Crippen LogP contribution >= 0.6 is 0 Å². The highest BCUT2D eigenvalue weighted by Gasteiger charge is 2.23. The van der Waals surface area contributed by atoms with E-state index in [2.05, 4.69) is 4.98 Å². The van der Waals surface area contributed by atoms with Crippen LogP contribution in [-0.4, -0.2) is 45.2 Å². The Bertz CT molecular complexity index is 823. The molecule has 0 saturated carbocycles. The fourth-order valence-electron chi connectivity index (χ4n) is 3.30. The maximum atomic E-state index is 11.2. The van der Waals surface area contributed by atoms with Gasteiger partial charge in [-0.3, -0.25) is 4.98 Å². The number of hydrogen-bond acceptors (Lipinski definition) is 3. The molecule has 6 heteroatoms. The zero-order chi connectivity index (χ0) is 17.8. The van der Waals surface area contributed by atoms with Crippen molar-refractivity contribution in [3.05, 3.63) is 48.2 Å². The first-order valence-electron chi connectivity index (χ1n) is 8.29. The predicted molar refractivity (Wildman–Crippen MR) is 94.3 cm³/mol. The van der Waals surface area contributed by atoms with Crippen molar-refractivity contribution in [1.29, 1.82) is 0 Å². The Hall–Kier alpha value is -2.89. The third-order valence-corrected chi connectivity index (χ3v) is 4.65. The molecule has 1 saturated heterocycles. The number of allylic oxidation sites excluding steroid dienone is 1. The topological polar surface area (TPSA) is 90.7 Å². The third kappa shape index (κ3) is 4.15. The number of piperidine rings is 1. The van der Waals surface area contributed by atoms with Gasteiger partial charge >= 0.3 is 12.1 Å². The Balaban J connectivity index is 1.80. The molecule has 1 amide bonds. The van der Waals surface area contributed by atoms with Crippen molar-refractivity contribution in [2.24, 2.45) is 5.92 Å². The number of likely N-dealkylation sites (tertiary alicyclic amines) is 1. The van der Waals surface area contributed by atoms with E-state index in [9.17, 15) is 14.7 Å². The number of carbonyl (C=O) groups is 2. The Labute approximate surface area is 145 Å². The maximum Gasteiger partial charge on any atom is 0.407 e. The summed E-state index contributed by atoms with van der Waals surface area (Å²) in [6.45, 7) is 0.993. The Morgan fingerprint density at radius 2 is 1.92 bits per heavy atom. The highest BCUT2D eigenvalue weighted by molar-refractivity contribution is 5.91. The predicted octanol–water partition coefficient (Wildman–Crippen LogP) is 3.48. The van der Waals surface area contributed by atoms with Crippen LogP contribution in [0.1, 0.15) is 24.8 Å². The van der Waals surface area contributed by atoms with Crippen LogP contribution < -0.4 is 0 Å². The quantitative estimate of drug-likeness (QED) is 0.832. The van der Waals surface area contributed by atoms with Crippen molar-refractivity contribution in [1.82, 2.24) is 9.88 Å². The number of carboxylic acid groups (broad SMARTS) is 2. The largest absolute Gasteiger partial charge is 0.478 e. The van der Waals surface area contributed by atoms with Crippen molar-refractivity contribution in [3.8, 4) is 0 Å². The number of hydrogen-bond donors (Lipinski definition) is 2. The number of para-hydroxylation sites is 1. The van der Waals surface area contributed by atoms with E-state index in [1.54, 1.807) is 6.20 Å². The van der Waals surface area contributed by atoms with E-state index in [0.29, 0.717) is 19.5 Å². The van der Waals surface area contributed by atoms with Crippen molar-refractivity contribution in [2.45, 2.75) is 19.3 Å². The molecule has 1 aliphatic heterocycles. The van der Waals surface area contributed by atoms with Gasteiger partial charge in [-0.2, -0.15) is 0 Å². The summed E-state index contributed by atoms with van der Waals surface area (Å²) in [7, 11) is 0. The molecule has 2 aromatic rings. The highest BCUT2D eigenvalue weighted by atomic mass is 16.4. The number of nitrogens with zero attached hydrogens (tertiary/aromatic N) is 2. The second-order valence-electron chi connectivity index (χ2n) is 6.34. The van der Waals surface area contributed by atoms with Crippen LogP contribution in [0.3, 0.4) is 0 Å². The molecule has 2 heterocycles. The zero-order valence-electron chi connectivity index (χ0n) is 13.8. The summed E-state index contributed by atoms with van der Waals surface area (Å²) in [5.74, 6) is -0.709. The maximum absolute atomic E-state index is 11.2. The van der Waals surface area contributed by atoms with Gasteiger partial charge in [0.15, 0.2) is 0 Å². The van der Waals surface area contributed by atoms with E-state index in [-0.39, 0.29) is 5.92 Å². The summed E-state index contributed by atoms with van der Waals surface area (Å²) in [6, 6.07) is 9.68. The van der Waals surface area contributed by atoms with Gasteiger partial charge < -0.3 is 15.1 Å². The van der Waals surface area contributed by atoms with E-state index in [1.807, 2.05) is 30.3 Å². The number of carboxylic acids is 1. The number of amides is 1. The lowest BCUT2D eigenvalue weighted by molar-refractivity contribution is -0.131. The molecule has 130 valence electrons. The van der Waals surface area contributed by atoms with Gasteiger partial charge in [-0.15, -0.1) is 0 Å². The number of aliphatic carboxylic acids is 1. The molecule has 1 aromatic heterocycles. The van der Waals surface area contributed by atoms with Gasteiger partial charge in [-0.1, -0.05) is 18.2 Å². The minimum absolute atomic E-state index is 0.271. The van der Waals surface area contributed by atoms with Crippen molar-refractivity contribution < 1.29 is 19.8 Å². The van der Waals surface area contributed by atoms with E-state index < -0.39 is 12.1 Å². The normalized spacial score (nSPS) is 16.2. The molecule has 25 heavy (non-hydrogen) atoms. The molecule has 2 N–H and O–H groups in total. The van der Waals surface area contributed by atoms with E-state index in [4.69, 9.17) is 5.11 Å². The van der Waals surface area contributed by atoms with Gasteiger partial charge in [0.05, 0.1) is 5.52 Å². The lowest BCUT2D eigenvalue weighted by atomic mass is 9.87. The fraction of sp³-hybridized carbons (Fsp3) is 0.316. The molecule has 0 aliphatic carbocycles. The molecular formula is C19H20N2O4. The second-order valence-corrected chi connectivity index (χ2v) is 6.34. The van der Waals surface area contributed by atoms with Gasteiger partial charge in [-0.25, -0.2) is 9.59 Å². The first kappa shape index (κ1) is 17.0. The van der Waals surface area contributed by atoms with Crippen LogP contribution in [0.15, 0.2) is 42.6 Å². The Kier molecular flexibility index (Phi) is 4.97.